The molecule has 0 bridgehead atoms. The maximum absolute atomic E-state index is 5.37. The lowest BCUT2D eigenvalue weighted by atomic mass is 10.2. The first kappa shape index (κ1) is 10.3. The van der Waals surface area contributed by atoms with Crippen LogP contribution in [0.3, 0.4) is 0 Å². The molecule has 0 nitrogen and oxygen atoms in total. The van der Waals surface area contributed by atoms with E-state index in [9.17, 15) is 0 Å². The van der Waals surface area contributed by atoms with Crippen molar-refractivity contribution in [3.8, 4) is 0 Å². The van der Waals surface area contributed by atoms with Gasteiger partial charge in [-0.1, -0.05) is 40.9 Å². The predicted molar refractivity (Wildman–Crippen MR) is 63.2 cm³/mol. The molecule has 0 fully saturated rings. The molecule has 0 aliphatic heterocycles. The van der Waals surface area contributed by atoms with E-state index >= 15 is 0 Å². The predicted octanol–water partition coefficient (Wildman–Crippen LogP) is 3.74. The molecule has 0 amide bonds. The molecular weight excluding hydrogens is 203 g/mol. The van der Waals surface area contributed by atoms with Gasteiger partial charge in [0, 0.05) is 10.1 Å². The number of rotatable bonds is 2. The molecule has 0 aliphatic rings. The largest absolute Gasteiger partial charge is 0.0888 e. The Morgan fingerprint density at radius 1 is 1.17 bits per heavy atom. The highest BCUT2D eigenvalue weighted by Gasteiger charge is 2.03. The van der Waals surface area contributed by atoms with E-state index in [1.807, 2.05) is 11.4 Å². The molecule has 0 spiro atoms. The lowest BCUT2D eigenvalue weighted by Gasteiger charge is -2.08. The first-order chi connectivity index (χ1) is 5.47. The molecule has 66 valence electrons. The van der Waals surface area contributed by atoms with E-state index < -0.39 is 5.24 Å². The zero-order valence-corrected chi connectivity index (χ0v) is 10.1. The second-order valence-electron chi connectivity index (χ2n) is 3.16. The summed E-state index contributed by atoms with van der Waals surface area (Å²) in [6.07, 6.45) is 0. The number of aryl methyl sites for hydroxylation is 1. The van der Waals surface area contributed by atoms with Crippen molar-refractivity contribution in [2.24, 2.45) is 0 Å². The molecule has 3 heteroatoms. The van der Waals surface area contributed by atoms with Gasteiger partial charge in [0.15, 0.2) is 0 Å². The Bertz CT molecular complexity index is 297. The van der Waals surface area contributed by atoms with Gasteiger partial charge in [-0.25, -0.2) is 0 Å². The zero-order valence-electron chi connectivity index (χ0n) is 7.57. The van der Waals surface area contributed by atoms with E-state index in [-0.39, 0.29) is 0 Å². The molecule has 0 radical (unpaired) electrons. The second kappa shape index (κ2) is 3.95. The molecule has 1 aromatic carbocycles. The fraction of sp³-hybridized carbons (Fsp3) is 0.333. The minimum atomic E-state index is -1.15. The van der Waals surface area contributed by atoms with Crippen molar-refractivity contribution in [2.75, 3.05) is 13.3 Å². The second-order valence-corrected chi connectivity index (χ2v) is 13.0. The first-order valence-corrected chi connectivity index (χ1v) is 8.90. The van der Waals surface area contributed by atoms with Crippen molar-refractivity contribution in [3.63, 3.8) is 0 Å². The van der Waals surface area contributed by atoms with Crippen molar-refractivity contribution in [1.82, 2.24) is 0 Å². The summed E-state index contributed by atoms with van der Waals surface area (Å²) in [7, 11) is 0. The smallest absolute Gasteiger partial charge is 0.0124 e. The average molecular weight is 216 g/mol. The molecule has 0 aromatic heterocycles. The minimum absolute atomic E-state index is 1.15. The number of hydrogen-bond donors (Lipinski definition) is 0. The molecular formula is C9H13PS2. The summed E-state index contributed by atoms with van der Waals surface area (Å²) in [5.74, 6) is 0. The summed E-state index contributed by atoms with van der Waals surface area (Å²) >= 11 is 7.21. The minimum Gasteiger partial charge on any atom is -0.0888 e. The molecule has 0 N–H and O–H groups in total. The van der Waals surface area contributed by atoms with Crippen molar-refractivity contribution < 1.29 is 0 Å². The van der Waals surface area contributed by atoms with Gasteiger partial charge in [0.05, 0.1) is 0 Å². The highest BCUT2D eigenvalue weighted by atomic mass is 32.9. The highest BCUT2D eigenvalue weighted by molar-refractivity contribution is 8.70. The van der Waals surface area contributed by atoms with E-state index in [4.69, 9.17) is 11.8 Å². The van der Waals surface area contributed by atoms with Gasteiger partial charge in [-0.3, -0.25) is 0 Å². The van der Waals surface area contributed by atoms with Gasteiger partial charge in [-0.2, -0.15) is 0 Å². The van der Waals surface area contributed by atoms with Crippen molar-refractivity contribution in [2.45, 2.75) is 11.8 Å². The molecule has 0 saturated carbocycles. The van der Waals surface area contributed by atoms with Gasteiger partial charge >= 0.3 is 0 Å². The number of hydrogen-bond acceptors (Lipinski definition) is 2. The Labute approximate surface area is 83.5 Å². The standard InChI is InChI=1S/C9H13PS2/c1-8-4-6-9(7-5-8)12-10(2,3)11/h4-7H,1-3H3. The molecule has 0 aliphatic carbocycles. The zero-order chi connectivity index (χ0) is 9.19. The third-order valence-corrected chi connectivity index (χ3v) is 4.89. The van der Waals surface area contributed by atoms with Crippen LogP contribution >= 0.6 is 16.6 Å². The van der Waals surface area contributed by atoms with Crippen LogP contribution in [0, 0.1) is 6.92 Å². The molecule has 0 heterocycles. The van der Waals surface area contributed by atoms with Crippen LogP contribution in [0.1, 0.15) is 5.56 Å². The van der Waals surface area contributed by atoms with E-state index in [1.165, 1.54) is 10.5 Å². The summed E-state index contributed by atoms with van der Waals surface area (Å²) in [5, 5.41) is -1.15. The summed E-state index contributed by atoms with van der Waals surface area (Å²) in [6, 6.07) is 8.56. The Morgan fingerprint density at radius 3 is 2.08 bits per heavy atom. The fourth-order valence-corrected chi connectivity index (χ4v) is 4.28. The van der Waals surface area contributed by atoms with E-state index in [0.717, 1.165) is 0 Å². The molecule has 0 saturated heterocycles. The van der Waals surface area contributed by atoms with E-state index in [1.54, 1.807) is 0 Å². The van der Waals surface area contributed by atoms with Crippen LogP contribution in [0.4, 0.5) is 0 Å². The van der Waals surface area contributed by atoms with Crippen molar-refractivity contribution >= 4 is 28.4 Å². The Hall–Kier alpha value is 0.220. The van der Waals surface area contributed by atoms with E-state index in [0.29, 0.717) is 0 Å². The lowest BCUT2D eigenvalue weighted by Crippen LogP contribution is -1.73. The van der Waals surface area contributed by atoms with E-state index in [2.05, 4.69) is 44.5 Å². The van der Waals surface area contributed by atoms with Gasteiger partial charge in [-0.15, -0.1) is 0 Å². The Kier molecular flexibility index (Phi) is 3.39. The topological polar surface area (TPSA) is 0 Å². The molecule has 12 heavy (non-hydrogen) atoms. The van der Waals surface area contributed by atoms with Crippen molar-refractivity contribution in [3.05, 3.63) is 29.8 Å². The summed E-state index contributed by atoms with van der Waals surface area (Å²) in [5.41, 5.74) is 1.31. The SMILES string of the molecule is Cc1ccc(SP(C)(C)=S)cc1. The fourth-order valence-electron chi connectivity index (χ4n) is 0.853. The van der Waals surface area contributed by atoms with Gasteiger partial charge in [0.1, 0.15) is 0 Å². The highest BCUT2D eigenvalue weighted by Crippen LogP contribution is 2.55. The van der Waals surface area contributed by atoms with Gasteiger partial charge in [0.2, 0.25) is 0 Å². The van der Waals surface area contributed by atoms with Crippen LogP contribution < -0.4 is 0 Å². The van der Waals surface area contributed by atoms with Gasteiger partial charge in [-0.05, 0) is 32.4 Å². The normalized spacial score (nSPS) is 11.6. The third kappa shape index (κ3) is 3.75. The third-order valence-electron chi connectivity index (χ3n) is 1.35. The quantitative estimate of drug-likeness (QED) is 0.691. The van der Waals surface area contributed by atoms with Crippen LogP contribution in [0.15, 0.2) is 29.2 Å². The molecule has 0 unspecified atom stereocenters. The summed E-state index contributed by atoms with van der Waals surface area (Å²) in [4.78, 5) is 1.30. The Balaban J connectivity index is 2.78. The number of benzene rings is 1. The van der Waals surface area contributed by atoms with Crippen LogP contribution in [-0.2, 0) is 11.8 Å². The monoisotopic (exact) mass is 216 g/mol. The molecule has 1 aromatic rings. The van der Waals surface area contributed by atoms with Crippen LogP contribution in [0.5, 0.6) is 0 Å². The maximum Gasteiger partial charge on any atom is 0.0124 e. The van der Waals surface area contributed by atoms with Gasteiger partial charge in [0.25, 0.3) is 0 Å². The van der Waals surface area contributed by atoms with Gasteiger partial charge < -0.3 is 0 Å². The molecule has 1 rings (SSSR count). The average Bonchev–Trinajstić information content (AvgIpc) is 1.91. The molecule has 0 atom stereocenters. The lowest BCUT2D eigenvalue weighted by molar-refractivity contribution is 1.38. The van der Waals surface area contributed by atoms with Crippen LogP contribution in [0.2, 0.25) is 0 Å². The summed E-state index contributed by atoms with van der Waals surface area (Å²) < 4.78 is 0. The maximum atomic E-state index is 5.37. The van der Waals surface area contributed by atoms with Crippen molar-refractivity contribution in [1.29, 1.82) is 0 Å². The van der Waals surface area contributed by atoms with Crippen LogP contribution in [-0.4, -0.2) is 13.3 Å². The van der Waals surface area contributed by atoms with Crippen LogP contribution in [0.25, 0.3) is 0 Å². The summed E-state index contributed by atoms with van der Waals surface area (Å²) in [6.45, 7) is 6.42. The Morgan fingerprint density at radius 2 is 1.67 bits per heavy atom. The first-order valence-electron chi connectivity index (χ1n) is 3.79.